The molecule has 0 spiro atoms. The fraction of sp³-hybridized carbons (Fsp3) is 0.333. The highest BCUT2D eigenvalue weighted by Gasteiger charge is 2.18. The summed E-state index contributed by atoms with van der Waals surface area (Å²) in [5.41, 5.74) is 1.11. The van der Waals surface area contributed by atoms with Crippen LogP contribution in [0.4, 0.5) is 0 Å². The van der Waals surface area contributed by atoms with E-state index in [9.17, 15) is 4.79 Å². The number of hydrogen-bond donors (Lipinski definition) is 1. The van der Waals surface area contributed by atoms with Gasteiger partial charge in [-0.3, -0.25) is 4.79 Å². The molecule has 1 aromatic heterocycles. The number of nitrogens with one attached hydrogen (secondary N) is 1. The number of amides is 1. The number of carbonyl (C=O) groups is 1. The summed E-state index contributed by atoms with van der Waals surface area (Å²) in [6.07, 6.45) is 0. The van der Waals surface area contributed by atoms with E-state index in [-0.39, 0.29) is 17.6 Å². The molecule has 0 bridgehead atoms. The topological polar surface area (TPSA) is 73.6 Å². The molecule has 0 fully saturated rings. The van der Waals surface area contributed by atoms with Crippen LogP contribution >= 0.6 is 0 Å². The molecule has 112 valence electrons. The highest BCUT2D eigenvalue weighted by atomic mass is 16.5. The average molecular weight is 290 g/mol. The zero-order valence-electron chi connectivity index (χ0n) is 12.5. The first-order valence-corrected chi connectivity index (χ1v) is 6.51. The molecule has 6 heteroatoms. The normalized spacial score (nSPS) is 11.8. The minimum atomic E-state index is -0.294. The van der Waals surface area contributed by atoms with Gasteiger partial charge in [-0.05, 0) is 26.0 Å². The molecule has 0 saturated heterocycles. The maximum absolute atomic E-state index is 12.1. The highest BCUT2D eigenvalue weighted by molar-refractivity contribution is 5.92. The van der Waals surface area contributed by atoms with Crippen molar-refractivity contribution in [2.75, 3.05) is 14.2 Å². The number of rotatable bonds is 5. The molecule has 2 aromatic rings. The smallest absolute Gasteiger partial charge is 0.273 e. The Morgan fingerprint density at radius 3 is 2.62 bits per heavy atom. The van der Waals surface area contributed by atoms with Crippen LogP contribution in [0.1, 0.15) is 34.8 Å². The van der Waals surface area contributed by atoms with Gasteiger partial charge in [0, 0.05) is 17.7 Å². The Hall–Kier alpha value is -2.50. The van der Waals surface area contributed by atoms with Gasteiger partial charge in [0.1, 0.15) is 17.3 Å². The number of carbonyl (C=O) groups excluding carboxylic acids is 1. The molecule has 1 aromatic carbocycles. The largest absolute Gasteiger partial charge is 0.497 e. The summed E-state index contributed by atoms with van der Waals surface area (Å²) in [5, 5.41) is 6.55. The van der Waals surface area contributed by atoms with Crippen molar-refractivity contribution in [3.05, 3.63) is 41.3 Å². The van der Waals surface area contributed by atoms with Crippen LogP contribution in [0.3, 0.4) is 0 Å². The summed E-state index contributed by atoms with van der Waals surface area (Å²) in [6.45, 7) is 3.61. The Balaban J connectivity index is 2.16. The molecule has 0 aliphatic rings. The van der Waals surface area contributed by atoms with Crippen molar-refractivity contribution >= 4 is 5.91 Å². The SMILES string of the molecule is COc1ccc(C(C)NC(=O)c2cc(C)on2)c(OC)c1. The summed E-state index contributed by atoms with van der Waals surface area (Å²) in [5.74, 6) is 1.65. The predicted molar refractivity (Wildman–Crippen MR) is 76.7 cm³/mol. The summed E-state index contributed by atoms with van der Waals surface area (Å²) in [4.78, 5) is 12.1. The Morgan fingerprint density at radius 1 is 1.29 bits per heavy atom. The molecule has 2 rings (SSSR count). The van der Waals surface area contributed by atoms with E-state index in [0.717, 1.165) is 5.56 Å². The van der Waals surface area contributed by atoms with E-state index >= 15 is 0 Å². The van der Waals surface area contributed by atoms with E-state index in [0.29, 0.717) is 17.3 Å². The second kappa shape index (κ2) is 6.30. The second-order valence-electron chi connectivity index (χ2n) is 4.63. The predicted octanol–water partition coefficient (Wildman–Crippen LogP) is 2.49. The van der Waals surface area contributed by atoms with Crippen molar-refractivity contribution < 1.29 is 18.8 Å². The van der Waals surface area contributed by atoms with Gasteiger partial charge in [0.15, 0.2) is 5.69 Å². The molecule has 1 heterocycles. The first-order valence-electron chi connectivity index (χ1n) is 6.51. The lowest BCUT2D eigenvalue weighted by molar-refractivity contribution is 0.0930. The van der Waals surface area contributed by atoms with Gasteiger partial charge in [0.25, 0.3) is 5.91 Å². The fourth-order valence-corrected chi connectivity index (χ4v) is 2.00. The van der Waals surface area contributed by atoms with Crippen molar-refractivity contribution in [1.82, 2.24) is 10.5 Å². The average Bonchev–Trinajstić information content (AvgIpc) is 2.93. The van der Waals surface area contributed by atoms with Gasteiger partial charge in [-0.15, -0.1) is 0 Å². The van der Waals surface area contributed by atoms with Gasteiger partial charge in [0.05, 0.1) is 20.3 Å². The van der Waals surface area contributed by atoms with E-state index in [1.807, 2.05) is 19.1 Å². The Morgan fingerprint density at radius 2 is 2.05 bits per heavy atom. The minimum Gasteiger partial charge on any atom is -0.497 e. The monoisotopic (exact) mass is 290 g/mol. The first kappa shape index (κ1) is 14.9. The molecule has 21 heavy (non-hydrogen) atoms. The van der Waals surface area contributed by atoms with Gasteiger partial charge in [0.2, 0.25) is 0 Å². The second-order valence-corrected chi connectivity index (χ2v) is 4.63. The number of benzene rings is 1. The van der Waals surface area contributed by atoms with E-state index in [1.54, 1.807) is 33.3 Å². The van der Waals surface area contributed by atoms with E-state index in [4.69, 9.17) is 14.0 Å². The van der Waals surface area contributed by atoms with Crippen molar-refractivity contribution in [3.63, 3.8) is 0 Å². The Labute approximate surface area is 123 Å². The maximum atomic E-state index is 12.1. The van der Waals surface area contributed by atoms with Crippen LogP contribution in [-0.2, 0) is 0 Å². The number of hydrogen-bond acceptors (Lipinski definition) is 5. The van der Waals surface area contributed by atoms with Crippen molar-refractivity contribution in [1.29, 1.82) is 0 Å². The van der Waals surface area contributed by atoms with Crippen molar-refractivity contribution in [2.24, 2.45) is 0 Å². The molecular weight excluding hydrogens is 272 g/mol. The zero-order valence-corrected chi connectivity index (χ0v) is 12.5. The van der Waals surface area contributed by atoms with Crippen LogP contribution in [0.2, 0.25) is 0 Å². The molecule has 0 aliphatic heterocycles. The standard InChI is InChI=1S/C15H18N2O4/c1-9-7-13(17-21-9)15(18)16-10(2)12-6-5-11(19-3)8-14(12)20-4/h5-8,10H,1-4H3,(H,16,18). The third kappa shape index (κ3) is 3.34. The summed E-state index contributed by atoms with van der Waals surface area (Å²) < 4.78 is 15.4. The zero-order chi connectivity index (χ0) is 15.4. The van der Waals surface area contributed by atoms with Crippen LogP contribution in [0.25, 0.3) is 0 Å². The number of nitrogens with zero attached hydrogens (tertiary/aromatic N) is 1. The number of methoxy groups -OCH3 is 2. The molecule has 1 amide bonds. The van der Waals surface area contributed by atoms with Crippen LogP contribution in [0.15, 0.2) is 28.8 Å². The fourth-order valence-electron chi connectivity index (χ4n) is 2.00. The van der Waals surface area contributed by atoms with Crippen LogP contribution < -0.4 is 14.8 Å². The van der Waals surface area contributed by atoms with E-state index < -0.39 is 0 Å². The minimum absolute atomic E-state index is 0.240. The molecule has 1 unspecified atom stereocenters. The van der Waals surface area contributed by atoms with Gasteiger partial charge in [-0.25, -0.2) is 0 Å². The molecule has 0 saturated carbocycles. The third-order valence-corrected chi connectivity index (χ3v) is 3.12. The highest BCUT2D eigenvalue weighted by Crippen LogP contribution is 2.29. The first-order chi connectivity index (χ1) is 10.0. The van der Waals surface area contributed by atoms with Crippen LogP contribution in [-0.4, -0.2) is 25.3 Å². The van der Waals surface area contributed by atoms with Gasteiger partial charge in [-0.1, -0.05) is 5.16 Å². The molecule has 1 atom stereocenters. The summed E-state index contributed by atoms with van der Waals surface area (Å²) in [7, 11) is 3.17. The molecular formula is C15H18N2O4. The van der Waals surface area contributed by atoms with Gasteiger partial charge in [-0.2, -0.15) is 0 Å². The Bertz CT molecular complexity index is 636. The van der Waals surface area contributed by atoms with E-state index in [2.05, 4.69) is 10.5 Å². The molecule has 0 aliphatic carbocycles. The molecule has 6 nitrogen and oxygen atoms in total. The third-order valence-electron chi connectivity index (χ3n) is 3.12. The van der Waals surface area contributed by atoms with Gasteiger partial charge < -0.3 is 19.3 Å². The summed E-state index contributed by atoms with van der Waals surface area (Å²) in [6, 6.07) is 6.80. The molecule has 0 radical (unpaired) electrons. The van der Waals surface area contributed by atoms with Crippen molar-refractivity contribution in [2.45, 2.75) is 19.9 Å². The lowest BCUT2D eigenvalue weighted by Crippen LogP contribution is -2.27. The summed E-state index contributed by atoms with van der Waals surface area (Å²) >= 11 is 0. The van der Waals surface area contributed by atoms with Crippen molar-refractivity contribution in [3.8, 4) is 11.5 Å². The lowest BCUT2D eigenvalue weighted by atomic mass is 10.1. The number of aryl methyl sites for hydroxylation is 1. The lowest BCUT2D eigenvalue weighted by Gasteiger charge is -2.17. The number of aromatic nitrogens is 1. The van der Waals surface area contributed by atoms with E-state index in [1.165, 1.54) is 0 Å². The molecule has 1 N–H and O–H groups in total. The van der Waals surface area contributed by atoms with Crippen LogP contribution in [0, 0.1) is 6.92 Å². The van der Waals surface area contributed by atoms with Gasteiger partial charge >= 0.3 is 0 Å². The van der Waals surface area contributed by atoms with Crippen LogP contribution in [0.5, 0.6) is 11.5 Å². The quantitative estimate of drug-likeness (QED) is 0.915. The number of ether oxygens (including phenoxy) is 2. The maximum Gasteiger partial charge on any atom is 0.273 e. The Kier molecular flexibility index (Phi) is 4.47.